The van der Waals surface area contributed by atoms with Crippen molar-refractivity contribution in [3.05, 3.63) is 95.8 Å². The number of fused-ring (bicyclic) bond motifs is 3. The van der Waals surface area contributed by atoms with Crippen molar-refractivity contribution >= 4 is 33.4 Å². The highest BCUT2D eigenvalue weighted by atomic mass is 16.3. The summed E-state index contributed by atoms with van der Waals surface area (Å²) < 4.78 is 8.02. The highest BCUT2D eigenvalue weighted by molar-refractivity contribution is 6.05. The van der Waals surface area contributed by atoms with E-state index in [2.05, 4.69) is 67.1 Å². The van der Waals surface area contributed by atoms with Gasteiger partial charge < -0.3 is 13.9 Å². The van der Waals surface area contributed by atoms with Gasteiger partial charge in [-0.3, -0.25) is 4.79 Å². The SMILES string of the molecule is CC(C)c1ccc(-c2nc(C3=CCN(C(=O)Cc4ccc5oc6ccccc6c5c4)CC3)cn2C)cc1. The Hall–Kier alpha value is -4.12. The van der Waals surface area contributed by atoms with Crippen LogP contribution in [0.1, 0.15) is 43.0 Å². The highest BCUT2D eigenvalue weighted by Gasteiger charge is 2.21. The molecule has 0 unspecified atom stereocenters. The minimum atomic E-state index is 0.148. The van der Waals surface area contributed by atoms with Crippen LogP contribution in [0.5, 0.6) is 0 Å². The second-order valence-corrected chi connectivity index (χ2v) is 10.3. The van der Waals surface area contributed by atoms with E-state index in [1.54, 1.807) is 0 Å². The van der Waals surface area contributed by atoms with Crippen LogP contribution in [0, 0.1) is 0 Å². The first-order valence-electron chi connectivity index (χ1n) is 13.0. The molecule has 2 aromatic heterocycles. The van der Waals surface area contributed by atoms with E-state index in [9.17, 15) is 4.79 Å². The van der Waals surface area contributed by atoms with Crippen LogP contribution in [0.25, 0.3) is 38.9 Å². The summed E-state index contributed by atoms with van der Waals surface area (Å²) in [6, 6.07) is 22.8. The van der Waals surface area contributed by atoms with Gasteiger partial charge in [0.2, 0.25) is 5.91 Å². The number of benzene rings is 3. The standard InChI is InChI=1S/C32H31N3O2/c1-21(2)23-9-11-25(12-10-23)32-33-28(20-34(32)3)24-14-16-35(17-15-24)31(36)19-22-8-13-30-27(18-22)26-6-4-5-7-29(26)37-30/h4-14,18,20-21H,15-17,19H2,1-3H3. The molecule has 0 N–H and O–H groups in total. The van der Waals surface area contributed by atoms with Gasteiger partial charge in [-0.05, 0) is 47.2 Å². The van der Waals surface area contributed by atoms with Crippen LogP contribution in [0.3, 0.4) is 0 Å². The highest BCUT2D eigenvalue weighted by Crippen LogP contribution is 2.30. The van der Waals surface area contributed by atoms with Gasteiger partial charge in [-0.25, -0.2) is 4.98 Å². The van der Waals surface area contributed by atoms with Crippen molar-refractivity contribution in [2.24, 2.45) is 7.05 Å². The summed E-state index contributed by atoms with van der Waals surface area (Å²) in [5.41, 5.74) is 7.39. The number of rotatable bonds is 5. The van der Waals surface area contributed by atoms with Crippen LogP contribution in [-0.4, -0.2) is 33.4 Å². The number of hydrogen-bond acceptors (Lipinski definition) is 3. The van der Waals surface area contributed by atoms with E-state index in [4.69, 9.17) is 9.40 Å². The quantitative estimate of drug-likeness (QED) is 0.268. The van der Waals surface area contributed by atoms with E-state index < -0.39 is 0 Å². The predicted octanol–water partition coefficient (Wildman–Crippen LogP) is 6.97. The van der Waals surface area contributed by atoms with Gasteiger partial charge in [-0.1, -0.05) is 68.5 Å². The number of aromatic nitrogens is 2. The van der Waals surface area contributed by atoms with Gasteiger partial charge in [-0.2, -0.15) is 0 Å². The van der Waals surface area contributed by atoms with Crippen LogP contribution >= 0.6 is 0 Å². The van der Waals surface area contributed by atoms with E-state index in [0.717, 1.165) is 51.0 Å². The zero-order valence-electron chi connectivity index (χ0n) is 21.6. The summed E-state index contributed by atoms with van der Waals surface area (Å²) in [7, 11) is 2.04. The van der Waals surface area contributed by atoms with Crippen LogP contribution in [-0.2, 0) is 18.3 Å². The van der Waals surface area contributed by atoms with Gasteiger partial charge in [0.05, 0.1) is 12.1 Å². The molecule has 1 aliphatic rings. The summed E-state index contributed by atoms with van der Waals surface area (Å²) in [6.45, 7) is 5.73. The molecule has 0 atom stereocenters. The molecule has 3 heterocycles. The molecule has 5 nitrogen and oxygen atoms in total. The zero-order chi connectivity index (χ0) is 25.5. The normalized spacial score (nSPS) is 14.1. The number of carbonyl (C=O) groups excluding carboxylic acids is 1. The number of carbonyl (C=O) groups is 1. The summed E-state index contributed by atoms with van der Waals surface area (Å²) >= 11 is 0. The lowest BCUT2D eigenvalue weighted by Gasteiger charge is -2.26. The lowest BCUT2D eigenvalue weighted by atomic mass is 10.0. The van der Waals surface area contributed by atoms with Crippen molar-refractivity contribution in [1.29, 1.82) is 0 Å². The minimum Gasteiger partial charge on any atom is -0.456 e. The molecule has 0 saturated heterocycles. The molecule has 6 rings (SSSR count). The Balaban J connectivity index is 1.15. The van der Waals surface area contributed by atoms with Crippen molar-refractivity contribution in [1.82, 2.24) is 14.5 Å². The number of hydrogen-bond donors (Lipinski definition) is 0. The number of nitrogens with zero attached hydrogens (tertiary/aromatic N) is 3. The maximum Gasteiger partial charge on any atom is 0.227 e. The number of para-hydroxylation sites is 1. The van der Waals surface area contributed by atoms with E-state index in [0.29, 0.717) is 25.4 Å². The fraction of sp³-hybridized carbons (Fsp3) is 0.250. The molecule has 186 valence electrons. The molecule has 0 spiro atoms. The third-order valence-electron chi connectivity index (χ3n) is 7.40. The fourth-order valence-electron chi connectivity index (χ4n) is 5.20. The largest absolute Gasteiger partial charge is 0.456 e. The van der Waals surface area contributed by atoms with Crippen molar-refractivity contribution in [3.63, 3.8) is 0 Å². The maximum atomic E-state index is 13.1. The molecule has 3 aromatic carbocycles. The number of imidazole rings is 1. The van der Waals surface area contributed by atoms with Crippen molar-refractivity contribution in [2.45, 2.75) is 32.6 Å². The van der Waals surface area contributed by atoms with Crippen LogP contribution < -0.4 is 0 Å². The molecule has 0 radical (unpaired) electrons. The molecule has 0 bridgehead atoms. The van der Waals surface area contributed by atoms with E-state index in [-0.39, 0.29) is 5.91 Å². The van der Waals surface area contributed by atoms with Crippen LogP contribution in [0.15, 0.2) is 83.4 Å². The molecule has 0 aliphatic carbocycles. The predicted molar refractivity (Wildman–Crippen MR) is 149 cm³/mol. The van der Waals surface area contributed by atoms with E-state index >= 15 is 0 Å². The molecular formula is C32H31N3O2. The van der Waals surface area contributed by atoms with Gasteiger partial charge >= 0.3 is 0 Å². The molecule has 0 fully saturated rings. The Morgan fingerprint density at radius 3 is 2.54 bits per heavy atom. The lowest BCUT2D eigenvalue weighted by Crippen LogP contribution is -2.35. The first-order chi connectivity index (χ1) is 18.0. The summed E-state index contributed by atoms with van der Waals surface area (Å²) in [5, 5.41) is 2.15. The summed E-state index contributed by atoms with van der Waals surface area (Å²) in [6.07, 6.45) is 5.44. The second kappa shape index (κ2) is 9.40. The smallest absolute Gasteiger partial charge is 0.227 e. The summed E-state index contributed by atoms with van der Waals surface area (Å²) in [4.78, 5) is 20.0. The molecular weight excluding hydrogens is 458 g/mol. The first-order valence-corrected chi connectivity index (χ1v) is 13.0. The average molecular weight is 490 g/mol. The Morgan fingerprint density at radius 1 is 1.00 bits per heavy atom. The van der Waals surface area contributed by atoms with Gasteiger partial charge in [0.1, 0.15) is 17.0 Å². The van der Waals surface area contributed by atoms with Crippen molar-refractivity contribution in [2.75, 3.05) is 13.1 Å². The number of amides is 1. The lowest BCUT2D eigenvalue weighted by molar-refractivity contribution is -0.130. The monoisotopic (exact) mass is 489 g/mol. The minimum absolute atomic E-state index is 0.148. The average Bonchev–Trinajstić information content (AvgIpc) is 3.49. The van der Waals surface area contributed by atoms with Gasteiger partial charge in [0.15, 0.2) is 0 Å². The molecule has 5 aromatic rings. The van der Waals surface area contributed by atoms with Crippen molar-refractivity contribution in [3.8, 4) is 11.4 Å². The Kier molecular flexibility index (Phi) is 5.91. The third kappa shape index (κ3) is 4.46. The Labute approximate surface area is 217 Å². The zero-order valence-corrected chi connectivity index (χ0v) is 21.6. The Morgan fingerprint density at radius 2 is 1.78 bits per heavy atom. The van der Waals surface area contributed by atoms with Gasteiger partial charge in [-0.15, -0.1) is 0 Å². The second-order valence-electron chi connectivity index (χ2n) is 10.3. The van der Waals surface area contributed by atoms with Gasteiger partial charge in [0.25, 0.3) is 0 Å². The van der Waals surface area contributed by atoms with E-state index in [1.807, 2.05) is 42.3 Å². The molecule has 1 amide bonds. The fourth-order valence-corrected chi connectivity index (χ4v) is 5.20. The first kappa shape index (κ1) is 23.3. The van der Waals surface area contributed by atoms with E-state index in [1.165, 1.54) is 11.1 Å². The number of aryl methyl sites for hydroxylation is 1. The topological polar surface area (TPSA) is 51.3 Å². The van der Waals surface area contributed by atoms with Crippen LogP contribution in [0.2, 0.25) is 0 Å². The number of furan rings is 1. The molecule has 1 aliphatic heterocycles. The Bertz CT molecular complexity index is 1640. The third-order valence-corrected chi connectivity index (χ3v) is 7.40. The molecule has 0 saturated carbocycles. The van der Waals surface area contributed by atoms with Crippen molar-refractivity contribution < 1.29 is 9.21 Å². The summed E-state index contributed by atoms with van der Waals surface area (Å²) in [5.74, 6) is 1.62. The van der Waals surface area contributed by atoms with Gasteiger partial charge in [0, 0.05) is 42.7 Å². The van der Waals surface area contributed by atoms with Crippen LogP contribution in [0.4, 0.5) is 0 Å². The molecule has 37 heavy (non-hydrogen) atoms. The molecule has 5 heteroatoms. The maximum absolute atomic E-state index is 13.1.